The summed E-state index contributed by atoms with van der Waals surface area (Å²) in [7, 11) is 1.57. The number of aliphatic hydroxyl groups excluding tert-OH is 1. The first-order valence-electron chi connectivity index (χ1n) is 17.6. The van der Waals surface area contributed by atoms with E-state index in [1.807, 2.05) is 68.4 Å². The summed E-state index contributed by atoms with van der Waals surface area (Å²) in [6, 6.07) is 21.6. The van der Waals surface area contributed by atoms with Crippen LogP contribution in [0.2, 0.25) is 0 Å². The molecule has 3 aromatic rings. The van der Waals surface area contributed by atoms with E-state index in [4.69, 9.17) is 14.2 Å². The van der Waals surface area contributed by atoms with Gasteiger partial charge in [0.05, 0.1) is 43.8 Å². The van der Waals surface area contributed by atoms with Gasteiger partial charge in [-0.3, -0.25) is 14.4 Å². The molecule has 3 aliphatic rings. The number of methoxy groups -OCH3 is 1. The monoisotopic (exact) mass is 693 g/mol. The molecule has 2 bridgehead atoms. The van der Waals surface area contributed by atoms with Crippen LogP contribution in [-0.4, -0.2) is 78.4 Å². The maximum atomic E-state index is 15.2. The quantitative estimate of drug-likeness (QED) is 0.203. The van der Waals surface area contributed by atoms with Crippen molar-refractivity contribution in [3.05, 3.63) is 110 Å². The van der Waals surface area contributed by atoms with Gasteiger partial charge in [-0.25, -0.2) is 0 Å². The standard InChI is InChI=1S/C41H47N3O7/c1-6-25-42(29-17-21-32(22-18-29)50-9-4)37(46)34-35-38(47)44(33(27-45)28-13-11-10-12-14-28)36(41(35)24-23-40(34,8-3)51-41)39(48)43(26-7-2)30-15-19-31(49-5)20-16-30/h6-7,10-22,33-36,45H,1-2,8-9,23-27H2,3-5H3/t33-,34-,35+,36?,40+,41?/m1/s1. The maximum Gasteiger partial charge on any atom is 0.253 e. The smallest absolute Gasteiger partial charge is 0.253 e. The molecule has 6 rings (SSSR count). The first-order valence-corrected chi connectivity index (χ1v) is 17.6. The van der Waals surface area contributed by atoms with Crippen molar-refractivity contribution >= 4 is 29.1 Å². The molecule has 6 atom stereocenters. The van der Waals surface area contributed by atoms with Gasteiger partial charge in [-0.15, -0.1) is 13.2 Å². The Morgan fingerprint density at radius 1 is 0.922 bits per heavy atom. The molecule has 0 aliphatic carbocycles. The molecular weight excluding hydrogens is 646 g/mol. The zero-order chi connectivity index (χ0) is 36.3. The summed E-state index contributed by atoms with van der Waals surface area (Å²) >= 11 is 0. The fourth-order valence-electron chi connectivity index (χ4n) is 8.55. The number of fused-ring (bicyclic) bond motifs is 1. The highest BCUT2D eigenvalue weighted by atomic mass is 16.5. The van der Waals surface area contributed by atoms with Gasteiger partial charge >= 0.3 is 0 Å². The number of carbonyl (C=O) groups is 3. The zero-order valence-electron chi connectivity index (χ0n) is 29.6. The Morgan fingerprint density at radius 3 is 2.04 bits per heavy atom. The van der Waals surface area contributed by atoms with Gasteiger partial charge in [-0.05, 0) is 80.3 Å². The highest BCUT2D eigenvalue weighted by molar-refractivity contribution is 6.07. The van der Waals surface area contributed by atoms with Crippen LogP contribution in [0, 0.1) is 11.8 Å². The van der Waals surface area contributed by atoms with Gasteiger partial charge in [0.25, 0.3) is 5.91 Å². The zero-order valence-corrected chi connectivity index (χ0v) is 29.6. The summed E-state index contributed by atoms with van der Waals surface area (Å²) in [6.07, 6.45) is 4.65. The van der Waals surface area contributed by atoms with Crippen LogP contribution < -0.4 is 19.3 Å². The van der Waals surface area contributed by atoms with Crippen LogP contribution in [0.25, 0.3) is 0 Å². The third kappa shape index (κ3) is 6.00. The van der Waals surface area contributed by atoms with Crippen molar-refractivity contribution < 1.29 is 33.7 Å². The largest absolute Gasteiger partial charge is 0.497 e. The third-order valence-electron chi connectivity index (χ3n) is 10.8. The van der Waals surface area contributed by atoms with E-state index < -0.39 is 41.7 Å². The fraction of sp³-hybridized carbons (Fsp3) is 0.390. The second-order valence-electron chi connectivity index (χ2n) is 13.3. The first kappa shape index (κ1) is 35.9. The van der Waals surface area contributed by atoms with E-state index >= 15 is 14.4 Å². The van der Waals surface area contributed by atoms with E-state index in [1.165, 1.54) is 4.90 Å². The van der Waals surface area contributed by atoms with Crippen LogP contribution in [0.3, 0.4) is 0 Å². The summed E-state index contributed by atoms with van der Waals surface area (Å²) in [5, 5.41) is 11.0. The van der Waals surface area contributed by atoms with E-state index in [9.17, 15) is 5.11 Å². The van der Waals surface area contributed by atoms with Crippen LogP contribution in [0.1, 0.15) is 44.7 Å². The van der Waals surface area contributed by atoms with Crippen molar-refractivity contribution in [3.8, 4) is 11.5 Å². The fourth-order valence-corrected chi connectivity index (χ4v) is 8.55. The number of hydrogen-bond donors (Lipinski definition) is 1. The second-order valence-corrected chi connectivity index (χ2v) is 13.3. The Morgan fingerprint density at radius 2 is 1.51 bits per heavy atom. The van der Waals surface area contributed by atoms with Crippen LogP contribution >= 0.6 is 0 Å². The number of ether oxygens (including phenoxy) is 3. The van der Waals surface area contributed by atoms with Gasteiger partial charge < -0.3 is 34.0 Å². The van der Waals surface area contributed by atoms with E-state index in [1.54, 1.807) is 53.3 Å². The molecule has 3 heterocycles. The molecule has 0 saturated carbocycles. The molecule has 268 valence electrons. The van der Waals surface area contributed by atoms with Crippen molar-refractivity contribution in [2.24, 2.45) is 11.8 Å². The van der Waals surface area contributed by atoms with Crippen LogP contribution in [0.4, 0.5) is 11.4 Å². The van der Waals surface area contributed by atoms with E-state index in [0.29, 0.717) is 54.3 Å². The van der Waals surface area contributed by atoms with Gasteiger partial charge in [0.15, 0.2) is 0 Å². The maximum absolute atomic E-state index is 15.2. The summed E-state index contributed by atoms with van der Waals surface area (Å²) < 4.78 is 18.1. The van der Waals surface area contributed by atoms with Crippen LogP contribution in [-0.2, 0) is 19.1 Å². The number of amides is 3. The Bertz CT molecular complexity index is 1750. The lowest BCUT2D eigenvalue weighted by Crippen LogP contribution is -2.57. The predicted molar refractivity (Wildman–Crippen MR) is 196 cm³/mol. The lowest BCUT2D eigenvalue weighted by Gasteiger charge is -2.39. The number of nitrogens with zero attached hydrogens (tertiary/aromatic N) is 3. The molecule has 3 aliphatic heterocycles. The predicted octanol–water partition coefficient (Wildman–Crippen LogP) is 5.72. The van der Waals surface area contributed by atoms with Crippen molar-refractivity contribution in [1.29, 1.82) is 0 Å². The molecular formula is C41H47N3O7. The number of benzene rings is 3. The molecule has 1 spiro atoms. The number of rotatable bonds is 15. The van der Waals surface area contributed by atoms with Crippen molar-refractivity contribution in [2.75, 3.05) is 43.2 Å². The van der Waals surface area contributed by atoms with Gasteiger partial charge in [-0.1, -0.05) is 49.4 Å². The van der Waals surface area contributed by atoms with Crippen molar-refractivity contribution in [1.82, 2.24) is 4.90 Å². The number of carbonyl (C=O) groups excluding carboxylic acids is 3. The van der Waals surface area contributed by atoms with Gasteiger partial charge in [0.2, 0.25) is 11.8 Å². The molecule has 1 N–H and O–H groups in total. The molecule has 3 fully saturated rings. The topological polar surface area (TPSA) is 109 Å². The molecule has 3 amide bonds. The molecule has 3 saturated heterocycles. The molecule has 0 aromatic heterocycles. The Kier molecular flexibility index (Phi) is 10.4. The van der Waals surface area contributed by atoms with E-state index in [-0.39, 0.29) is 30.8 Å². The minimum atomic E-state index is -1.32. The SMILES string of the molecule is C=CCN(C(=O)C1N([C@H](CO)c2ccccc2)C(=O)[C@@H]2[C@H](C(=O)N(CC=C)c3ccc(OCC)cc3)[C@]3(CC)CCC12O3)c1ccc(OC)cc1. The summed E-state index contributed by atoms with van der Waals surface area (Å²) in [5.74, 6) is -1.58. The Labute approximate surface area is 299 Å². The average molecular weight is 694 g/mol. The van der Waals surface area contributed by atoms with Gasteiger partial charge in [-0.2, -0.15) is 0 Å². The van der Waals surface area contributed by atoms with E-state index in [0.717, 1.165) is 0 Å². The molecule has 0 radical (unpaired) electrons. The lowest BCUT2D eigenvalue weighted by atomic mass is 9.64. The van der Waals surface area contributed by atoms with Gasteiger partial charge in [0, 0.05) is 24.5 Å². The van der Waals surface area contributed by atoms with Crippen LogP contribution in [0.15, 0.2) is 104 Å². The van der Waals surface area contributed by atoms with Crippen molar-refractivity contribution in [3.63, 3.8) is 0 Å². The average Bonchev–Trinajstić information content (AvgIpc) is 3.77. The third-order valence-corrected chi connectivity index (χ3v) is 10.8. The molecule has 3 aromatic carbocycles. The molecule has 2 unspecified atom stereocenters. The Hall–Kier alpha value is -4.93. The minimum absolute atomic E-state index is 0.158. The summed E-state index contributed by atoms with van der Waals surface area (Å²) in [6.45, 7) is 12.2. The second kappa shape index (κ2) is 14.7. The normalized spacial score (nSPS) is 25.2. The molecule has 10 heteroatoms. The highest BCUT2D eigenvalue weighted by Crippen LogP contribution is 2.65. The lowest BCUT2D eigenvalue weighted by molar-refractivity contribution is -0.149. The molecule has 51 heavy (non-hydrogen) atoms. The highest BCUT2D eigenvalue weighted by Gasteiger charge is 2.79. The number of aliphatic hydroxyl groups is 1. The van der Waals surface area contributed by atoms with Crippen molar-refractivity contribution in [2.45, 2.75) is 56.4 Å². The van der Waals surface area contributed by atoms with Gasteiger partial charge in [0.1, 0.15) is 23.1 Å². The number of anilines is 2. The Balaban J connectivity index is 1.49. The molecule has 10 nitrogen and oxygen atoms in total. The minimum Gasteiger partial charge on any atom is -0.497 e. The number of hydrogen-bond acceptors (Lipinski definition) is 7. The van der Waals surface area contributed by atoms with E-state index in [2.05, 4.69) is 13.2 Å². The first-order chi connectivity index (χ1) is 24.7. The number of likely N-dealkylation sites (tertiary alicyclic amines) is 1. The summed E-state index contributed by atoms with van der Waals surface area (Å²) in [4.78, 5) is 50.1. The van der Waals surface area contributed by atoms with Crippen LogP contribution in [0.5, 0.6) is 11.5 Å². The summed E-state index contributed by atoms with van der Waals surface area (Å²) in [5.41, 5.74) is -0.399.